The van der Waals surface area contributed by atoms with Crippen molar-refractivity contribution < 1.29 is 9.18 Å². The van der Waals surface area contributed by atoms with Gasteiger partial charge in [0.25, 0.3) is 5.91 Å². The van der Waals surface area contributed by atoms with Crippen molar-refractivity contribution >= 4 is 17.5 Å². The van der Waals surface area contributed by atoms with Gasteiger partial charge in [-0.2, -0.15) is 0 Å². The molecule has 1 saturated carbocycles. The monoisotopic (exact) mass is 324 g/mol. The summed E-state index contributed by atoms with van der Waals surface area (Å²) >= 11 is 5.78. The molecule has 1 aromatic carbocycles. The predicted molar refractivity (Wildman–Crippen MR) is 85.7 cm³/mol. The van der Waals surface area contributed by atoms with Crippen molar-refractivity contribution in [2.45, 2.75) is 38.1 Å². The van der Waals surface area contributed by atoms with E-state index in [1.807, 2.05) is 0 Å². The summed E-state index contributed by atoms with van der Waals surface area (Å²) in [6.45, 7) is 2.93. The number of hydrogen-bond donors (Lipinski definition) is 1. The lowest BCUT2D eigenvalue weighted by molar-refractivity contribution is 0.0803. The van der Waals surface area contributed by atoms with E-state index in [4.69, 9.17) is 11.6 Å². The number of hydrogen-bond acceptors (Lipinski definition) is 2. The molecule has 0 aromatic heterocycles. The fourth-order valence-electron chi connectivity index (χ4n) is 3.30. The molecule has 0 spiro atoms. The van der Waals surface area contributed by atoms with Crippen LogP contribution < -0.4 is 5.32 Å². The van der Waals surface area contributed by atoms with Crippen LogP contribution in [0.2, 0.25) is 5.02 Å². The third-order valence-electron chi connectivity index (χ3n) is 4.92. The molecule has 1 heterocycles. The summed E-state index contributed by atoms with van der Waals surface area (Å²) in [6.07, 6.45) is 6.32. The maximum atomic E-state index is 13.3. The normalized spacial score (nSPS) is 20.6. The van der Waals surface area contributed by atoms with Gasteiger partial charge in [-0.1, -0.05) is 18.0 Å². The van der Waals surface area contributed by atoms with Crippen molar-refractivity contribution in [3.8, 4) is 0 Å². The number of halogens is 2. The zero-order valence-corrected chi connectivity index (χ0v) is 13.4. The van der Waals surface area contributed by atoms with E-state index in [9.17, 15) is 9.18 Å². The first-order chi connectivity index (χ1) is 10.6. The number of benzene rings is 1. The standard InChI is InChI=1S/C17H22ClFN2O/c18-14-8-13(9-15(19)10-14)17(22)20-11-12-4-6-21(7-5-12)16-2-1-3-16/h8-10,12,16H,1-7,11H2,(H,20,22). The first kappa shape index (κ1) is 15.8. The van der Waals surface area contributed by atoms with Gasteiger partial charge < -0.3 is 10.2 Å². The van der Waals surface area contributed by atoms with Gasteiger partial charge in [-0.15, -0.1) is 0 Å². The van der Waals surface area contributed by atoms with Crippen LogP contribution in [0.1, 0.15) is 42.5 Å². The van der Waals surface area contributed by atoms with E-state index in [0.29, 0.717) is 12.5 Å². The van der Waals surface area contributed by atoms with Crippen LogP contribution in [-0.2, 0) is 0 Å². The molecule has 120 valence electrons. The smallest absolute Gasteiger partial charge is 0.251 e. The quantitative estimate of drug-likeness (QED) is 0.919. The molecule has 1 aliphatic heterocycles. The highest BCUT2D eigenvalue weighted by Crippen LogP contribution is 2.28. The lowest BCUT2D eigenvalue weighted by Gasteiger charge is -2.41. The molecule has 3 nitrogen and oxygen atoms in total. The van der Waals surface area contributed by atoms with Crippen LogP contribution >= 0.6 is 11.6 Å². The maximum absolute atomic E-state index is 13.3. The van der Waals surface area contributed by atoms with Gasteiger partial charge in [0.2, 0.25) is 0 Å². The van der Waals surface area contributed by atoms with E-state index in [1.165, 1.54) is 37.5 Å². The summed E-state index contributed by atoms with van der Waals surface area (Å²) in [4.78, 5) is 14.7. The zero-order valence-electron chi connectivity index (χ0n) is 12.7. The van der Waals surface area contributed by atoms with Crippen molar-refractivity contribution in [1.29, 1.82) is 0 Å². The van der Waals surface area contributed by atoms with E-state index >= 15 is 0 Å². The Hall–Kier alpha value is -1.13. The summed E-state index contributed by atoms with van der Waals surface area (Å²) in [6, 6.07) is 4.73. The first-order valence-electron chi connectivity index (χ1n) is 8.10. The summed E-state index contributed by atoms with van der Waals surface area (Å²) in [5.41, 5.74) is 0.289. The van der Waals surface area contributed by atoms with Gasteiger partial charge >= 0.3 is 0 Å². The van der Waals surface area contributed by atoms with Gasteiger partial charge in [0.1, 0.15) is 5.82 Å². The van der Waals surface area contributed by atoms with Crippen molar-refractivity contribution in [2.75, 3.05) is 19.6 Å². The van der Waals surface area contributed by atoms with Crippen LogP contribution in [0.15, 0.2) is 18.2 Å². The third-order valence-corrected chi connectivity index (χ3v) is 5.13. The minimum atomic E-state index is -0.480. The molecule has 2 aliphatic rings. The summed E-state index contributed by atoms with van der Waals surface area (Å²) in [7, 11) is 0. The van der Waals surface area contributed by atoms with Crippen molar-refractivity contribution in [3.05, 3.63) is 34.6 Å². The number of nitrogens with one attached hydrogen (secondary N) is 1. The lowest BCUT2D eigenvalue weighted by atomic mass is 9.88. The molecule has 5 heteroatoms. The van der Waals surface area contributed by atoms with E-state index in [1.54, 1.807) is 0 Å². The van der Waals surface area contributed by atoms with Gasteiger partial charge in [-0.3, -0.25) is 4.79 Å². The predicted octanol–water partition coefficient (Wildman–Crippen LogP) is 3.47. The molecule has 1 N–H and O–H groups in total. The van der Waals surface area contributed by atoms with E-state index in [0.717, 1.165) is 32.0 Å². The molecule has 0 bridgehead atoms. The Bertz CT molecular complexity index is 519. The Labute approximate surface area is 135 Å². The van der Waals surface area contributed by atoms with Crippen LogP contribution in [0.25, 0.3) is 0 Å². The van der Waals surface area contributed by atoms with Crippen molar-refractivity contribution in [3.63, 3.8) is 0 Å². The Kier molecular flexibility index (Phi) is 4.99. The highest BCUT2D eigenvalue weighted by Gasteiger charge is 2.28. The highest BCUT2D eigenvalue weighted by atomic mass is 35.5. The Morgan fingerprint density at radius 2 is 1.95 bits per heavy atom. The lowest BCUT2D eigenvalue weighted by Crippen LogP contribution is -2.46. The number of nitrogens with zero attached hydrogens (tertiary/aromatic N) is 1. The van der Waals surface area contributed by atoms with Crippen LogP contribution in [0.4, 0.5) is 4.39 Å². The van der Waals surface area contributed by atoms with Crippen LogP contribution in [0.3, 0.4) is 0 Å². The fraction of sp³-hybridized carbons (Fsp3) is 0.588. The van der Waals surface area contributed by atoms with Gasteiger partial charge in [0, 0.05) is 23.2 Å². The van der Waals surface area contributed by atoms with Gasteiger partial charge in [-0.05, 0) is 62.9 Å². The molecule has 1 amide bonds. The Balaban J connectivity index is 1.45. The number of carbonyl (C=O) groups excluding carboxylic acids is 1. The first-order valence-corrected chi connectivity index (χ1v) is 8.48. The number of rotatable bonds is 4. The van der Waals surface area contributed by atoms with Crippen LogP contribution in [0, 0.1) is 11.7 Å². The van der Waals surface area contributed by atoms with E-state index in [2.05, 4.69) is 10.2 Å². The maximum Gasteiger partial charge on any atom is 0.251 e. The third kappa shape index (κ3) is 3.79. The number of piperidine rings is 1. The largest absolute Gasteiger partial charge is 0.352 e. The van der Waals surface area contributed by atoms with Crippen molar-refractivity contribution in [2.24, 2.45) is 5.92 Å². The molecular weight excluding hydrogens is 303 g/mol. The number of likely N-dealkylation sites (tertiary alicyclic amines) is 1. The second-order valence-electron chi connectivity index (χ2n) is 6.43. The zero-order chi connectivity index (χ0) is 15.5. The molecule has 2 fully saturated rings. The Morgan fingerprint density at radius 1 is 1.23 bits per heavy atom. The second-order valence-corrected chi connectivity index (χ2v) is 6.87. The molecule has 22 heavy (non-hydrogen) atoms. The highest BCUT2D eigenvalue weighted by molar-refractivity contribution is 6.31. The number of amides is 1. The molecule has 0 atom stereocenters. The summed E-state index contributed by atoms with van der Waals surface area (Å²) < 4.78 is 13.3. The van der Waals surface area contributed by atoms with Gasteiger partial charge in [-0.25, -0.2) is 4.39 Å². The SMILES string of the molecule is O=C(NCC1CCN(C2CCC2)CC1)c1cc(F)cc(Cl)c1. The molecule has 0 radical (unpaired) electrons. The van der Waals surface area contributed by atoms with Crippen LogP contribution in [0.5, 0.6) is 0 Å². The summed E-state index contributed by atoms with van der Waals surface area (Å²) in [5.74, 6) is -0.210. The molecule has 1 aliphatic carbocycles. The average molecular weight is 325 g/mol. The molecule has 3 rings (SSSR count). The number of carbonyl (C=O) groups is 1. The summed E-state index contributed by atoms with van der Waals surface area (Å²) in [5, 5.41) is 3.16. The fourth-order valence-corrected chi connectivity index (χ4v) is 3.52. The topological polar surface area (TPSA) is 32.3 Å². The average Bonchev–Trinajstić information content (AvgIpc) is 2.43. The molecule has 1 aromatic rings. The Morgan fingerprint density at radius 3 is 2.55 bits per heavy atom. The minimum Gasteiger partial charge on any atom is -0.352 e. The van der Waals surface area contributed by atoms with Gasteiger partial charge in [0.15, 0.2) is 0 Å². The van der Waals surface area contributed by atoms with Gasteiger partial charge in [0.05, 0.1) is 0 Å². The van der Waals surface area contributed by atoms with Crippen molar-refractivity contribution in [1.82, 2.24) is 10.2 Å². The molecular formula is C17H22ClFN2O. The van der Waals surface area contributed by atoms with E-state index < -0.39 is 5.82 Å². The molecule has 0 unspecified atom stereocenters. The second kappa shape index (κ2) is 6.97. The van der Waals surface area contributed by atoms with Crippen LogP contribution in [-0.4, -0.2) is 36.5 Å². The van der Waals surface area contributed by atoms with E-state index in [-0.39, 0.29) is 16.5 Å². The molecule has 1 saturated heterocycles. The minimum absolute atomic E-state index is 0.247.